The van der Waals surface area contributed by atoms with Gasteiger partial charge in [-0.25, -0.2) is 9.97 Å². The molecule has 26 heavy (non-hydrogen) atoms. The second-order valence-corrected chi connectivity index (χ2v) is 6.60. The lowest BCUT2D eigenvalue weighted by molar-refractivity contribution is 0.730. The molecule has 2 N–H and O–H groups in total. The first-order valence-corrected chi connectivity index (χ1v) is 8.68. The average Bonchev–Trinajstić information content (AvgIpc) is 3.12. The Kier molecular flexibility index (Phi) is 3.95. The summed E-state index contributed by atoms with van der Waals surface area (Å²) >= 11 is 0. The van der Waals surface area contributed by atoms with E-state index in [2.05, 4.69) is 28.4 Å². The Bertz CT molecular complexity index is 1070. The number of aromatic nitrogens is 5. The Labute approximate surface area is 152 Å². The molecule has 0 aliphatic rings. The van der Waals surface area contributed by atoms with Gasteiger partial charge < -0.3 is 10.3 Å². The SMILES string of the molecule is Cc1cc2c(NCc3c(C)nn(C)c3C)nc(-c3ccccc3)nc2[nH]1. The molecule has 3 heterocycles. The Morgan fingerprint density at radius 2 is 1.85 bits per heavy atom. The third-order valence-corrected chi connectivity index (χ3v) is 4.75. The number of aryl methyl sites for hydroxylation is 3. The summed E-state index contributed by atoms with van der Waals surface area (Å²) in [6.07, 6.45) is 0. The van der Waals surface area contributed by atoms with E-state index in [0.29, 0.717) is 12.4 Å². The molecule has 0 atom stereocenters. The number of rotatable bonds is 4. The van der Waals surface area contributed by atoms with E-state index in [4.69, 9.17) is 9.97 Å². The van der Waals surface area contributed by atoms with Gasteiger partial charge in [-0.05, 0) is 26.8 Å². The van der Waals surface area contributed by atoms with Crippen molar-refractivity contribution >= 4 is 16.9 Å². The van der Waals surface area contributed by atoms with Crippen molar-refractivity contribution in [2.24, 2.45) is 7.05 Å². The van der Waals surface area contributed by atoms with Gasteiger partial charge in [0, 0.05) is 36.1 Å². The average molecular weight is 346 g/mol. The molecule has 0 radical (unpaired) electrons. The lowest BCUT2D eigenvalue weighted by Crippen LogP contribution is -2.05. The quantitative estimate of drug-likeness (QED) is 0.588. The van der Waals surface area contributed by atoms with Crippen LogP contribution in [-0.4, -0.2) is 24.7 Å². The molecule has 0 amide bonds. The Balaban J connectivity index is 1.75. The maximum atomic E-state index is 4.80. The van der Waals surface area contributed by atoms with Crippen molar-refractivity contribution in [2.75, 3.05) is 5.32 Å². The van der Waals surface area contributed by atoms with E-state index >= 15 is 0 Å². The van der Waals surface area contributed by atoms with Crippen LogP contribution in [0.25, 0.3) is 22.4 Å². The molecule has 4 rings (SSSR count). The summed E-state index contributed by atoms with van der Waals surface area (Å²) in [6.45, 7) is 6.83. The van der Waals surface area contributed by atoms with Crippen molar-refractivity contribution in [3.05, 3.63) is 59.0 Å². The first-order valence-electron chi connectivity index (χ1n) is 8.68. The fraction of sp³-hybridized carbons (Fsp3) is 0.250. The zero-order chi connectivity index (χ0) is 18.3. The lowest BCUT2D eigenvalue weighted by Gasteiger charge is -2.09. The number of H-pyrrole nitrogens is 1. The Morgan fingerprint density at radius 1 is 1.08 bits per heavy atom. The van der Waals surface area contributed by atoms with Crippen LogP contribution in [0.4, 0.5) is 5.82 Å². The van der Waals surface area contributed by atoms with E-state index in [1.165, 1.54) is 5.56 Å². The predicted molar refractivity (Wildman–Crippen MR) is 104 cm³/mol. The summed E-state index contributed by atoms with van der Waals surface area (Å²) in [5.74, 6) is 1.54. The second kappa shape index (κ2) is 6.29. The molecule has 0 aliphatic carbocycles. The minimum Gasteiger partial charge on any atom is -0.365 e. The molecule has 0 saturated heterocycles. The topological polar surface area (TPSA) is 71.4 Å². The van der Waals surface area contributed by atoms with Crippen LogP contribution in [0.15, 0.2) is 36.4 Å². The number of fused-ring (bicyclic) bond motifs is 1. The lowest BCUT2D eigenvalue weighted by atomic mass is 10.2. The number of nitrogens with zero attached hydrogens (tertiary/aromatic N) is 4. The molecule has 0 aliphatic heterocycles. The number of aromatic amines is 1. The van der Waals surface area contributed by atoms with E-state index in [9.17, 15) is 0 Å². The van der Waals surface area contributed by atoms with E-state index in [1.54, 1.807) is 0 Å². The van der Waals surface area contributed by atoms with Crippen molar-refractivity contribution in [1.29, 1.82) is 0 Å². The monoisotopic (exact) mass is 346 g/mol. The molecule has 0 spiro atoms. The van der Waals surface area contributed by atoms with Crippen LogP contribution >= 0.6 is 0 Å². The molecule has 0 unspecified atom stereocenters. The van der Waals surface area contributed by atoms with Crippen LogP contribution < -0.4 is 5.32 Å². The maximum absolute atomic E-state index is 4.80. The Morgan fingerprint density at radius 3 is 2.54 bits per heavy atom. The summed E-state index contributed by atoms with van der Waals surface area (Å²) in [7, 11) is 1.97. The van der Waals surface area contributed by atoms with E-state index in [0.717, 1.165) is 39.5 Å². The number of nitrogens with one attached hydrogen (secondary N) is 2. The third-order valence-electron chi connectivity index (χ3n) is 4.75. The van der Waals surface area contributed by atoms with Gasteiger partial charge in [0.15, 0.2) is 5.82 Å². The number of hydrogen-bond acceptors (Lipinski definition) is 4. The van der Waals surface area contributed by atoms with Crippen molar-refractivity contribution in [2.45, 2.75) is 27.3 Å². The van der Waals surface area contributed by atoms with Gasteiger partial charge in [-0.2, -0.15) is 5.10 Å². The van der Waals surface area contributed by atoms with Gasteiger partial charge in [-0.3, -0.25) is 4.68 Å². The first-order chi connectivity index (χ1) is 12.5. The van der Waals surface area contributed by atoms with Gasteiger partial charge in [0.1, 0.15) is 11.5 Å². The molecule has 6 heteroatoms. The van der Waals surface area contributed by atoms with Crippen LogP contribution in [0.5, 0.6) is 0 Å². The number of hydrogen-bond donors (Lipinski definition) is 2. The maximum Gasteiger partial charge on any atom is 0.163 e. The van der Waals surface area contributed by atoms with E-state index in [1.807, 2.05) is 55.9 Å². The fourth-order valence-electron chi connectivity index (χ4n) is 3.24. The van der Waals surface area contributed by atoms with Crippen LogP contribution in [0.1, 0.15) is 22.6 Å². The summed E-state index contributed by atoms with van der Waals surface area (Å²) in [4.78, 5) is 12.8. The Hall–Kier alpha value is -3.15. The summed E-state index contributed by atoms with van der Waals surface area (Å²) < 4.78 is 1.91. The fourth-order valence-corrected chi connectivity index (χ4v) is 3.24. The van der Waals surface area contributed by atoms with Crippen molar-refractivity contribution < 1.29 is 0 Å². The van der Waals surface area contributed by atoms with Crippen molar-refractivity contribution in [1.82, 2.24) is 24.7 Å². The predicted octanol–water partition coefficient (Wildman–Crippen LogP) is 3.90. The molecule has 1 aromatic carbocycles. The zero-order valence-corrected chi connectivity index (χ0v) is 15.5. The molecule has 4 aromatic rings. The van der Waals surface area contributed by atoms with Gasteiger partial charge in [0.25, 0.3) is 0 Å². The number of benzene rings is 1. The standard InChI is InChI=1S/C20H22N6/c1-12-10-16-19(21-11-17-13(2)25-26(4)14(17)3)23-18(24-20(16)22-12)15-8-6-5-7-9-15/h5-10H,11H2,1-4H3,(H2,21,22,23,24). The molecule has 132 valence electrons. The zero-order valence-electron chi connectivity index (χ0n) is 15.5. The third kappa shape index (κ3) is 2.83. The van der Waals surface area contributed by atoms with E-state index in [-0.39, 0.29) is 0 Å². The minimum absolute atomic E-state index is 0.677. The van der Waals surface area contributed by atoms with Gasteiger partial charge in [0.05, 0.1) is 11.1 Å². The molecule has 3 aromatic heterocycles. The summed E-state index contributed by atoms with van der Waals surface area (Å²) in [5, 5.41) is 8.99. The highest BCUT2D eigenvalue weighted by Crippen LogP contribution is 2.26. The second-order valence-electron chi connectivity index (χ2n) is 6.60. The van der Waals surface area contributed by atoms with Gasteiger partial charge >= 0.3 is 0 Å². The normalized spacial score (nSPS) is 11.2. The highest BCUT2D eigenvalue weighted by molar-refractivity contribution is 5.89. The van der Waals surface area contributed by atoms with Gasteiger partial charge in [-0.15, -0.1) is 0 Å². The van der Waals surface area contributed by atoms with Crippen molar-refractivity contribution in [3.8, 4) is 11.4 Å². The van der Waals surface area contributed by atoms with Gasteiger partial charge in [-0.1, -0.05) is 30.3 Å². The van der Waals surface area contributed by atoms with Crippen LogP contribution in [-0.2, 0) is 13.6 Å². The molecule has 0 bridgehead atoms. The van der Waals surface area contributed by atoms with Gasteiger partial charge in [0.2, 0.25) is 0 Å². The molecule has 0 saturated carbocycles. The van der Waals surface area contributed by atoms with Crippen LogP contribution in [0.2, 0.25) is 0 Å². The highest BCUT2D eigenvalue weighted by atomic mass is 15.3. The minimum atomic E-state index is 0.677. The van der Waals surface area contributed by atoms with Crippen molar-refractivity contribution in [3.63, 3.8) is 0 Å². The molecular weight excluding hydrogens is 324 g/mol. The summed E-state index contributed by atoms with van der Waals surface area (Å²) in [5.41, 5.74) is 6.31. The smallest absolute Gasteiger partial charge is 0.163 e. The molecule has 6 nitrogen and oxygen atoms in total. The highest BCUT2D eigenvalue weighted by Gasteiger charge is 2.14. The molecule has 0 fully saturated rings. The number of anilines is 1. The first kappa shape index (κ1) is 16.3. The van der Waals surface area contributed by atoms with E-state index < -0.39 is 0 Å². The van der Waals surface area contributed by atoms with Crippen LogP contribution in [0, 0.1) is 20.8 Å². The largest absolute Gasteiger partial charge is 0.365 e. The molecular formula is C20H22N6. The summed E-state index contributed by atoms with van der Waals surface area (Å²) in [6, 6.07) is 12.1. The van der Waals surface area contributed by atoms with Crippen LogP contribution in [0.3, 0.4) is 0 Å².